The standard InChI is InChI=1S/C16H20ClFN2S/c1-16(2,3)15-5-4-14(21-15)13(9-19)20-12-7-10(17)6-11(18)8-12/h4-8,13,20H,9,19H2,1-3H3. The molecule has 2 nitrogen and oxygen atoms in total. The predicted octanol–water partition coefficient (Wildman–Crippen LogP) is 4.95. The third kappa shape index (κ3) is 4.19. The van der Waals surface area contributed by atoms with Gasteiger partial charge >= 0.3 is 0 Å². The fraction of sp³-hybridized carbons (Fsp3) is 0.375. The molecule has 114 valence electrons. The lowest BCUT2D eigenvalue weighted by Crippen LogP contribution is -2.19. The summed E-state index contributed by atoms with van der Waals surface area (Å²) >= 11 is 7.61. The van der Waals surface area contributed by atoms with Crippen molar-refractivity contribution in [2.24, 2.45) is 5.73 Å². The van der Waals surface area contributed by atoms with E-state index in [4.69, 9.17) is 17.3 Å². The molecule has 0 amide bonds. The molecule has 5 heteroatoms. The molecule has 0 spiro atoms. The molecule has 0 aliphatic carbocycles. The number of nitrogens with one attached hydrogen (secondary N) is 1. The van der Waals surface area contributed by atoms with Gasteiger partial charge in [-0.15, -0.1) is 11.3 Å². The van der Waals surface area contributed by atoms with Gasteiger partial charge in [-0.05, 0) is 35.7 Å². The van der Waals surface area contributed by atoms with Crippen LogP contribution in [-0.4, -0.2) is 6.54 Å². The summed E-state index contributed by atoms with van der Waals surface area (Å²) < 4.78 is 13.4. The smallest absolute Gasteiger partial charge is 0.126 e. The van der Waals surface area contributed by atoms with Crippen molar-refractivity contribution in [2.45, 2.75) is 32.2 Å². The third-order valence-corrected chi connectivity index (χ3v) is 4.99. The highest BCUT2D eigenvalue weighted by molar-refractivity contribution is 7.12. The van der Waals surface area contributed by atoms with E-state index >= 15 is 0 Å². The van der Waals surface area contributed by atoms with E-state index in [1.54, 1.807) is 17.4 Å². The number of hydrogen-bond donors (Lipinski definition) is 2. The maximum atomic E-state index is 13.4. The van der Waals surface area contributed by atoms with E-state index in [1.807, 2.05) is 0 Å². The molecule has 1 aromatic heterocycles. The Hall–Kier alpha value is -1.10. The first-order valence-electron chi connectivity index (χ1n) is 6.82. The lowest BCUT2D eigenvalue weighted by Gasteiger charge is -2.18. The molecule has 21 heavy (non-hydrogen) atoms. The highest BCUT2D eigenvalue weighted by Gasteiger charge is 2.19. The second-order valence-electron chi connectivity index (χ2n) is 6.04. The molecule has 3 N–H and O–H groups in total. The van der Waals surface area contributed by atoms with Crippen LogP contribution >= 0.6 is 22.9 Å². The van der Waals surface area contributed by atoms with Crippen LogP contribution in [0.4, 0.5) is 10.1 Å². The van der Waals surface area contributed by atoms with Gasteiger partial charge in [0.25, 0.3) is 0 Å². The lowest BCUT2D eigenvalue weighted by molar-refractivity contribution is 0.604. The Morgan fingerprint density at radius 3 is 2.52 bits per heavy atom. The maximum absolute atomic E-state index is 13.4. The fourth-order valence-electron chi connectivity index (χ4n) is 2.03. The van der Waals surface area contributed by atoms with E-state index in [2.05, 4.69) is 38.2 Å². The van der Waals surface area contributed by atoms with Gasteiger partial charge in [-0.2, -0.15) is 0 Å². The lowest BCUT2D eigenvalue weighted by atomic mass is 9.95. The molecule has 0 aliphatic rings. The van der Waals surface area contributed by atoms with Gasteiger partial charge in [0.2, 0.25) is 0 Å². The van der Waals surface area contributed by atoms with Crippen LogP contribution in [0.3, 0.4) is 0 Å². The third-order valence-electron chi connectivity index (χ3n) is 3.15. The van der Waals surface area contributed by atoms with Crippen molar-refractivity contribution < 1.29 is 4.39 Å². The Bertz CT molecular complexity index is 599. The average Bonchev–Trinajstić information content (AvgIpc) is 2.84. The molecule has 0 fully saturated rings. The molecule has 1 unspecified atom stereocenters. The van der Waals surface area contributed by atoms with Gasteiger partial charge in [-0.3, -0.25) is 0 Å². The van der Waals surface area contributed by atoms with Crippen LogP contribution in [0.1, 0.15) is 36.6 Å². The maximum Gasteiger partial charge on any atom is 0.126 e. The molecule has 2 rings (SSSR count). The van der Waals surface area contributed by atoms with Crippen LogP contribution in [0.5, 0.6) is 0 Å². The summed E-state index contributed by atoms with van der Waals surface area (Å²) in [7, 11) is 0. The van der Waals surface area contributed by atoms with Crippen molar-refractivity contribution in [1.82, 2.24) is 0 Å². The fourth-order valence-corrected chi connectivity index (χ4v) is 3.38. The molecule has 0 saturated heterocycles. The van der Waals surface area contributed by atoms with Crippen molar-refractivity contribution in [3.63, 3.8) is 0 Å². The first-order valence-corrected chi connectivity index (χ1v) is 8.02. The summed E-state index contributed by atoms with van der Waals surface area (Å²) in [4.78, 5) is 2.44. The molecule has 1 aromatic carbocycles. The average molecular weight is 327 g/mol. The molecule has 2 aromatic rings. The van der Waals surface area contributed by atoms with Crippen molar-refractivity contribution >= 4 is 28.6 Å². The molecule has 1 atom stereocenters. The van der Waals surface area contributed by atoms with Crippen LogP contribution < -0.4 is 11.1 Å². The van der Waals surface area contributed by atoms with Crippen LogP contribution in [0.15, 0.2) is 30.3 Å². The monoisotopic (exact) mass is 326 g/mol. The quantitative estimate of drug-likeness (QED) is 0.834. The summed E-state index contributed by atoms with van der Waals surface area (Å²) in [6, 6.07) is 8.56. The molecule has 1 heterocycles. The largest absolute Gasteiger partial charge is 0.376 e. The number of anilines is 1. The topological polar surface area (TPSA) is 38.0 Å². The van der Waals surface area contributed by atoms with E-state index < -0.39 is 0 Å². The van der Waals surface area contributed by atoms with Gasteiger partial charge in [-0.1, -0.05) is 32.4 Å². The predicted molar refractivity (Wildman–Crippen MR) is 89.8 cm³/mol. The van der Waals surface area contributed by atoms with Gasteiger partial charge in [0.15, 0.2) is 0 Å². The highest BCUT2D eigenvalue weighted by Crippen LogP contribution is 2.33. The Balaban J connectivity index is 2.22. The van der Waals surface area contributed by atoms with Crippen LogP contribution in [0.2, 0.25) is 5.02 Å². The van der Waals surface area contributed by atoms with Gasteiger partial charge in [0.1, 0.15) is 5.82 Å². The molecular weight excluding hydrogens is 307 g/mol. The highest BCUT2D eigenvalue weighted by atomic mass is 35.5. The van der Waals surface area contributed by atoms with E-state index in [0.717, 1.165) is 4.88 Å². The number of rotatable bonds is 4. The second kappa shape index (κ2) is 6.34. The van der Waals surface area contributed by atoms with Crippen molar-refractivity contribution in [1.29, 1.82) is 0 Å². The molecule has 0 aliphatic heterocycles. The minimum absolute atomic E-state index is 0.0519. The van der Waals surface area contributed by atoms with Gasteiger partial charge in [-0.25, -0.2) is 4.39 Å². The van der Waals surface area contributed by atoms with Crippen LogP contribution in [0, 0.1) is 5.82 Å². The first kappa shape index (κ1) is 16.3. The van der Waals surface area contributed by atoms with Gasteiger partial charge < -0.3 is 11.1 Å². The normalized spacial score (nSPS) is 13.2. The molecular formula is C16H20ClFN2S. The zero-order chi connectivity index (χ0) is 15.6. The van der Waals surface area contributed by atoms with Gasteiger partial charge in [0, 0.05) is 27.0 Å². The number of nitrogens with two attached hydrogens (primary N) is 1. The molecule has 0 saturated carbocycles. The Labute approximate surface area is 134 Å². The Morgan fingerprint density at radius 2 is 2.00 bits per heavy atom. The number of thiophene rings is 1. The van der Waals surface area contributed by atoms with E-state index in [1.165, 1.54) is 17.0 Å². The summed E-state index contributed by atoms with van der Waals surface area (Å²) in [5, 5.41) is 3.62. The SMILES string of the molecule is CC(C)(C)c1ccc(C(CN)Nc2cc(F)cc(Cl)c2)s1. The van der Waals surface area contributed by atoms with Crippen molar-refractivity contribution in [3.05, 3.63) is 50.9 Å². The van der Waals surface area contributed by atoms with Crippen molar-refractivity contribution in [3.8, 4) is 0 Å². The van der Waals surface area contributed by atoms with Crippen molar-refractivity contribution in [2.75, 3.05) is 11.9 Å². The number of hydrogen-bond acceptors (Lipinski definition) is 3. The van der Waals surface area contributed by atoms with Gasteiger partial charge in [0.05, 0.1) is 6.04 Å². The summed E-state index contributed by atoms with van der Waals surface area (Å²) in [6.45, 7) is 6.97. The number of benzene rings is 1. The molecule has 0 bridgehead atoms. The molecule has 0 radical (unpaired) electrons. The zero-order valence-corrected chi connectivity index (χ0v) is 14.0. The summed E-state index contributed by atoms with van der Waals surface area (Å²) in [5.41, 5.74) is 6.62. The summed E-state index contributed by atoms with van der Waals surface area (Å²) in [5.74, 6) is -0.359. The Kier molecular flexibility index (Phi) is 4.91. The zero-order valence-electron chi connectivity index (χ0n) is 12.4. The van der Waals surface area contributed by atoms with Crippen LogP contribution in [0.25, 0.3) is 0 Å². The van der Waals surface area contributed by atoms with E-state index in [0.29, 0.717) is 17.3 Å². The minimum atomic E-state index is -0.359. The summed E-state index contributed by atoms with van der Waals surface area (Å²) in [6.07, 6.45) is 0. The second-order valence-corrected chi connectivity index (χ2v) is 7.59. The Morgan fingerprint density at radius 1 is 1.29 bits per heavy atom. The minimum Gasteiger partial charge on any atom is -0.376 e. The first-order chi connectivity index (χ1) is 9.79. The van der Waals surface area contributed by atoms with E-state index in [9.17, 15) is 4.39 Å². The number of halogens is 2. The van der Waals surface area contributed by atoms with Crippen LogP contribution in [-0.2, 0) is 5.41 Å². The van der Waals surface area contributed by atoms with E-state index in [-0.39, 0.29) is 17.3 Å².